The summed E-state index contributed by atoms with van der Waals surface area (Å²) in [4.78, 5) is 31.6. The molecule has 30 heavy (non-hydrogen) atoms. The number of aliphatic hydroxyl groups is 1. The van der Waals surface area contributed by atoms with E-state index in [1.807, 2.05) is 35.2 Å². The van der Waals surface area contributed by atoms with Gasteiger partial charge in [-0.3, -0.25) is 14.5 Å². The lowest BCUT2D eigenvalue weighted by Crippen LogP contribution is -2.55. The first-order chi connectivity index (χ1) is 14.5. The van der Waals surface area contributed by atoms with Gasteiger partial charge in [-0.2, -0.15) is 0 Å². The van der Waals surface area contributed by atoms with Crippen molar-refractivity contribution in [2.45, 2.75) is 37.8 Å². The van der Waals surface area contributed by atoms with E-state index in [1.54, 1.807) is 0 Å². The Morgan fingerprint density at radius 3 is 2.37 bits per heavy atom. The second kappa shape index (κ2) is 9.45. The molecule has 0 spiro atoms. The molecule has 0 aromatic heterocycles. The zero-order valence-electron chi connectivity index (χ0n) is 17.9. The molecule has 1 saturated carbocycles. The quantitative estimate of drug-likeness (QED) is 0.759. The Morgan fingerprint density at radius 1 is 1.00 bits per heavy atom. The van der Waals surface area contributed by atoms with Crippen molar-refractivity contribution in [3.63, 3.8) is 0 Å². The van der Waals surface area contributed by atoms with Crippen molar-refractivity contribution < 1.29 is 14.7 Å². The number of benzene rings is 1. The van der Waals surface area contributed by atoms with Crippen molar-refractivity contribution in [3.8, 4) is 0 Å². The van der Waals surface area contributed by atoms with Crippen LogP contribution in [0.3, 0.4) is 0 Å². The van der Waals surface area contributed by atoms with Crippen molar-refractivity contribution >= 4 is 17.5 Å². The molecule has 0 radical (unpaired) electrons. The van der Waals surface area contributed by atoms with Gasteiger partial charge in [0.25, 0.3) is 0 Å². The Labute approximate surface area is 179 Å². The number of nitrogens with zero attached hydrogens (tertiary/aromatic N) is 3. The summed E-state index contributed by atoms with van der Waals surface area (Å²) in [6.45, 7) is 5.60. The molecule has 1 aliphatic carbocycles. The van der Waals surface area contributed by atoms with Crippen LogP contribution in [0.2, 0.25) is 0 Å². The molecule has 4 atom stereocenters. The summed E-state index contributed by atoms with van der Waals surface area (Å²) in [5.41, 5.74) is 0.756. The summed E-state index contributed by atoms with van der Waals surface area (Å²) in [5, 5.41) is 13.6. The van der Waals surface area contributed by atoms with E-state index in [0.717, 1.165) is 57.8 Å². The topological polar surface area (TPSA) is 76.1 Å². The van der Waals surface area contributed by atoms with Gasteiger partial charge in [-0.05, 0) is 43.9 Å². The van der Waals surface area contributed by atoms with Crippen LogP contribution in [-0.2, 0) is 9.59 Å². The van der Waals surface area contributed by atoms with E-state index in [0.29, 0.717) is 11.8 Å². The Bertz CT molecular complexity index is 735. The van der Waals surface area contributed by atoms with Crippen LogP contribution in [-0.4, -0.2) is 90.1 Å². The highest BCUT2D eigenvalue weighted by atomic mass is 16.3. The standard InChI is InChI=1S/C23H34N4O3/c1-25-9-11-26(12-10-25)20-13-17-15-27(16-18(17)14-21(20)28)23(30)8-7-22(29)24-19-5-3-2-4-6-19/h2-6,17-18,20-21,28H,7-16H2,1H3,(H,24,29)/t17-,18+,20-,21-/m1/s1. The molecular weight excluding hydrogens is 380 g/mol. The first-order valence-corrected chi connectivity index (χ1v) is 11.2. The molecule has 7 nitrogen and oxygen atoms in total. The zero-order chi connectivity index (χ0) is 21.1. The zero-order valence-corrected chi connectivity index (χ0v) is 17.9. The summed E-state index contributed by atoms with van der Waals surface area (Å²) in [6.07, 6.45) is 1.88. The number of hydrogen-bond acceptors (Lipinski definition) is 5. The van der Waals surface area contributed by atoms with Crippen molar-refractivity contribution in [1.82, 2.24) is 14.7 Å². The van der Waals surface area contributed by atoms with Crippen LogP contribution in [0, 0.1) is 11.8 Å². The molecule has 2 N–H and O–H groups in total. The highest BCUT2D eigenvalue weighted by Gasteiger charge is 2.44. The van der Waals surface area contributed by atoms with Gasteiger partial charge < -0.3 is 20.2 Å². The van der Waals surface area contributed by atoms with Crippen LogP contribution in [0.15, 0.2) is 30.3 Å². The van der Waals surface area contributed by atoms with Gasteiger partial charge in [0.2, 0.25) is 11.8 Å². The molecule has 1 aromatic rings. The van der Waals surface area contributed by atoms with Gasteiger partial charge in [0.05, 0.1) is 6.10 Å². The molecule has 4 rings (SSSR count). The maximum absolute atomic E-state index is 12.7. The molecule has 7 heteroatoms. The maximum atomic E-state index is 12.7. The summed E-state index contributed by atoms with van der Waals surface area (Å²) >= 11 is 0. The van der Waals surface area contributed by atoms with Gasteiger partial charge in [-0.15, -0.1) is 0 Å². The van der Waals surface area contributed by atoms with E-state index in [1.165, 1.54) is 0 Å². The number of likely N-dealkylation sites (N-methyl/N-ethyl adjacent to an activating group) is 1. The summed E-state index contributed by atoms with van der Waals surface area (Å²) in [7, 11) is 2.14. The van der Waals surface area contributed by atoms with Crippen LogP contribution in [0.1, 0.15) is 25.7 Å². The Balaban J connectivity index is 1.25. The number of likely N-dealkylation sites (tertiary alicyclic amines) is 1. The van der Waals surface area contributed by atoms with E-state index < -0.39 is 0 Å². The number of amides is 2. The predicted octanol–water partition coefficient (Wildman–Crippen LogP) is 1.25. The average molecular weight is 415 g/mol. The molecule has 2 aliphatic heterocycles. The number of anilines is 1. The largest absolute Gasteiger partial charge is 0.391 e. The monoisotopic (exact) mass is 414 g/mol. The van der Waals surface area contributed by atoms with E-state index in [9.17, 15) is 14.7 Å². The number of rotatable bonds is 5. The minimum Gasteiger partial charge on any atom is -0.391 e. The fourth-order valence-electron chi connectivity index (χ4n) is 5.28. The Hall–Kier alpha value is -1.96. The summed E-state index contributed by atoms with van der Waals surface area (Å²) in [5.74, 6) is 0.765. The minimum absolute atomic E-state index is 0.0539. The van der Waals surface area contributed by atoms with Crippen LogP contribution in [0.5, 0.6) is 0 Å². The third-order valence-corrected chi connectivity index (χ3v) is 7.09. The molecule has 1 aromatic carbocycles. The number of hydrogen-bond donors (Lipinski definition) is 2. The average Bonchev–Trinajstić information content (AvgIpc) is 3.16. The van der Waals surface area contributed by atoms with Crippen LogP contribution >= 0.6 is 0 Å². The number of carbonyl (C=O) groups excluding carboxylic acids is 2. The second-order valence-electron chi connectivity index (χ2n) is 9.18. The number of piperazine rings is 1. The van der Waals surface area contributed by atoms with E-state index in [-0.39, 0.29) is 36.8 Å². The number of para-hydroxylation sites is 1. The van der Waals surface area contributed by atoms with E-state index in [4.69, 9.17) is 0 Å². The van der Waals surface area contributed by atoms with Crippen molar-refractivity contribution in [1.29, 1.82) is 0 Å². The lowest BCUT2D eigenvalue weighted by Gasteiger charge is -2.44. The molecule has 2 saturated heterocycles. The third-order valence-electron chi connectivity index (χ3n) is 7.09. The molecule has 0 bridgehead atoms. The number of aliphatic hydroxyl groups excluding tert-OH is 1. The number of nitrogens with one attached hydrogen (secondary N) is 1. The number of fused-ring (bicyclic) bond motifs is 1. The normalized spacial score (nSPS) is 30.1. The fourth-order valence-corrected chi connectivity index (χ4v) is 5.28. The van der Waals surface area contributed by atoms with Crippen molar-refractivity contribution in [3.05, 3.63) is 30.3 Å². The maximum Gasteiger partial charge on any atom is 0.224 e. The Kier molecular flexibility index (Phi) is 6.71. The summed E-state index contributed by atoms with van der Waals surface area (Å²) < 4.78 is 0. The molecule has 3 fully saturated rings. The first-order valence-electron chi connectivity index (χ1n) is 11.2. The highest BCUT2D eigenvalue weighted by Crippen LogP contribution is 2.38. The van der Waals surface area contributed by atoms with E-state index >= 15 is 0 Å². The van der Waals surface area contributed by atoms with Crippen LogP contribution in [0.4, 0.5) is 5.69 Å². The molecule has 2 amide bonds. The smallest absolute Gasteiger partial charge is 0.224 e. The number of carbonyl (C=O) groups is 2. The lowest BCUT2D eigenvalue weighted by molar-refractivity contribution is -0.132. The van der Waals surface area contributed by atoms with Crippen LogP contribution < -0.4 is 5.32 Å². The van der Waals surface area contributed by atoms with Crippen molar-refractivity contribution in [2.75, 3.05) is 51.6 Å². The van der Waals surface area contributed by atoms with Gasteiger partial charge in [-0.25, -0.2) is 0 Å². The van der Waals surface area contributed by atoms with Gasteiger partial charge in [0, 0.05) is 63.8 Å². The lowest BCUT2D eigenvalue weighted by atomic mass is 9.77. The van der Waals surface area contributed by atoms with Crippen LogP contribution in [0.25, 0.3) is 0 Å². The summed E-state index contributed by atoms with van der Waals surface area (Å²) in [6, 6.07) is 9.54. The SMILES string of the molecule is CN1CCN([C@@H]2C[C@@H]3CN(C(=O)CCC(=O)Nc4ccccc4)C[C@@H]3C[C@H]2O)CC1. The highest BCUT2D eigenvalue weighted by molar-refractivity contribution is 5.93. The van der Waals surface area contributed by atoms with Gasteiger partial charge in [0.1, 0.15) is 0 Å². The minimum atomic E-state index is -0.304. The van der Waals surface area contributed by atoms with E-state index in [2.05, 4.69) is 22.2 Å². The predicted molar refractivity (Wildman–Crippen MR) is 116 cm³/mol. The third kappa shape index (κ3) is 5.02. The molecule has 2 heterocycles. The fraction of sp³-hybridized carbons (Fsp3) is 0.652. The van der Waals surface area contributed by atoms with Gasteiger partial charge >= 0.3 is 0 Å². The molecular formula is C23H34N4O3. The van der Waals surface area contributed by atoms with Crippen molar-refractivity contribution in [2.24, 2.45) is 11.8 Å². The molecule has 0 unspecified atom stereocenters. The molecule has 3 aliphatic rings. The molecule has 164 valence electrons. The van der Waals surface area contributed by atoms with Gasteiger partial charge in [-0.1, -0.05) is 18.2 Å². The second-order valence-corrected chi connectivity index (χ2v) is 9.18. The Morgan fingerprint density at radius 2 is 1.67 bits per heavy atom. The van der Waals surface area contributed by atoms with Gasteiger partial charge in [0.15, 0.2) is 0 Å². The first kappa shape index (κ1) is 21.3.